The first-order valence-corrected chi connectivity index (χ1v) is 7.99. The number of benzene rings is 1. The van der Waals surface area contributed by atoms with E-state index in [1.807, 2.05) is 39.0 Å². The molecule has 0 spiro atoms. The van der Waals surface area contributed by atoms with Gasteiger partial charge in [-0.25, -0.2) is 4.68 Å². The summed E-state index contributed by atoms with van der Waals surface area (Å²) in [6.07, 6.45) is 0.773. The Kier molecular flexibility index (Phi) is 5.73. The van der Waals surface area contributed by atoms with E-state index in [1.165, 1.54) is 16.8 Å². The molecule has 0 aliphatic heterocycles. The van der Waals surface area contributed by atoms with Gasteiger partial charge in [-0.3, -0.25) is 9.59 Å². The molecule has 1 aromatic carbocycles. The topological polar surface area (TPSA) is 73.2 Å². The van der Waals surface area contributed by atoms with E-state index in [-0.39, 0.29) is 23.2 Å². The van der Waals surface area contributed by atoms with Gasteiger partial charge in [0.2, 0.25) is 0 Å². The largest absolute Gasteiger partial charge is 0.496 e. The van der Waals surface area contributed by atoms with Gasteiger partial charge in [0.25, 0.3) is 11.5 Å². The van der Waals surface area contributed by atoms with Crippen LogP contribution >= 0.6 is 0 Å². The Hall–Kier alpha value is -2.63. The van der Waals surface area contributed by atoms with Crippen molar-refractivity contribution < 1.29 is 9.53 Å². The van der Waals surface area contributed by atoms with Crippen LogP contribution in [0.5, 0.6) is 5.75 Å². The van der Waals surface area contributed by atoms with Crippen molar-refractivity contribution in [3.8, 4) is 5.75 Å². The van der Waals surface area contributed by atoms with Crippen LogP contribution in [0.15, 0.2) is 35.1 Å². The maximum absolute atomic E-state index is 12.5. The zero-order valence-corrected chi connectivity index (χ0v) is 14.5. The van der Waals surface area contributed by atoms with Gasteiger partial charge >= 0.3 is 0 Å². The van der Waals surface area contributed by atoms with Crippen molar-refractivity contribution in [2.45, 2.75) is 39.8 Å². The Labute approximate surface area is 141 Å². The van der Waals surface area contributed by atoms with Crippen LogP contribution in [-0.4, -0.2) is 22.8 Å². The summed E-state index contributed by atoms with van der Waals surface area (Å²) in [6.45, 7) is 6.31. The maximum atomic E-state index is 12.5. The van der Waals surface area contributed by atoms with Crippen molar-refractivity contribution >= 4 is 5.91 Å². The van der Waals surface area contributed by atoms with E-state index in [0.717, 1.165) is 23.3 Å². The molecular formula is C18H23N3O3. The first-order chi connectivity index (χ1) is 11.5. The molecule has 0 saturated carbocycles. The summed E-state index contributed by atoms with van der Waals surface area (Å²) in [5.41, 5.74) is 2.00. The molecule has 1 heterocycles. The quantitative estimate of drug-likeness (QED) is 0.883. The molecule has 0 radical (unpaired) electrons. The number of nitrogens with zero attached hydrogens (tertiary/aromatic N) is 2. The minimum Gasteiger partial charge on any atom is -0.496 e. The number of ether oxygens (including phenoxy) is 1. The first kappa shape index (κ1) is 17.7. The van der Waals surface area contributed by atoms with Gasteiger partial charge in [0.15, 0.2) is 0 Å². The molecular weight excluding hydrogens is 306 g/mol. The summed E-state index contributed by atoms with van der Waals surface area (Å²) in [5.74, 6) is 0.397. The standard InChI is InChI=1S/C18H23N3O3/c1-5-10-21-17(22)9-7-15(20-21)18(23)19-13(3)14-11-12(2)6-8-16(14)24-4/h6-9,11,13H,5,10H2,1-4H3,(H,19,23). The molecule has 128 valence electrons. The highest BCUT2D eigenvalue weighted by Gasteiger charge is 2.17. The number of methoxy groups -OCH3 is 1. The van der Waals surface area contributed by atoms with Gasteiger partial charge in [-0.2, -0.15) is 5.10 Å². The normalized spacial score (nSPS) is 11.8. The van der Waals surface area contributed by atoms with E-state index in [0.29, 0.717) is 6.54 Å². The van der Waals surface area contributed by atoms with Crippen molar-refractivity contribution in [1.29, 1.82) is 0 Å². The van der Waals surface area contributed by atoms with Gasteiger partial charge < -0.3 is 10.1 Å². The summed E-state index contributed by atoms with van der Waals surface area (Å²) < 4.78 is 6.68. The molecule has 1 atom stereocenters. The maximum Gasteiger partial charge on any atom is 0.272 e. The molecule has 2 aromatic rings. The predicted molar refractivity (Wildman–Crippen MR) is 92.4 cm³/mol. The number of aromatic nitrogens is 2. The first-order valence-electron chi connectivity index (χ1n) is 7.99. The number of amides is 1. The number of carbonyl (C=O) groups is 1. The Morgan fingerprint density at radius 3 is 2.75 bits per heavy atom. The minimum absolute atomic E-state index is 0.207. The number of carbonyl (C=O) groups excluding carboxylic acids is 1. The van der Waals surface area contributed by atoms with E-state index >= 15 is 0 Å². The number of rotatable bonds is 6. The molecule has 1 N–H and O–H groups in total. The van der Waals surface area contributed by atoms with Crippen LogP contribution in [0, 0.1) is 6.92 Å². The van der Waals surface area contributed by atoms with Crippen LogP contribution in [0.4, 0.5) is 0 Å². The Balaban J connectivity index is 2.22. The lowest BCUT2D eigenvalue weighted by Gasteiger charge is -2.18. The lowest BCUT2D eigenvalue weighted by molar-refractivity contribution is 0.0931. The number of hydrogen-bond acceptors (Lipinski definition) is 4. The zero-order chi connectivity index (χ0) is 17.7. The number of hydrogen-bond donors (Lipinski definition) is 1. The van der Waals surface area contributed by atoms with Crippen LogP contribution in [0.1, 0.15) is 47.9 Å². The lowest BCUT2D eigenvalue weighted by atomic mass is 10.0. The lowest BCUT2D eigenvalue weighted by Crippen LogP contribution is -2.31. The fourth-order valence-corrected chi connectivity index (χ4v) is 2.48. The van der Waals surface area contributed by atoms with E-state index in [1.54, 1.807) is 7.11 Å². The van der Waals surface area contributed by atoms with E-state index in [4.69, 9.17) is 4.74 Å². The second-order valence-corrected chi connectivity index (χ2v) is 5.72. The SMILES string of the molecule is CCCn1nc(C(=O)NC(C)c2cc(C)ccc2OC)ccc1=O. The molecule has 2 rings (SSSR count). The molecule has 0 bridgehead atoms. The number of nitrogens with one attached hydrogen (secondary N) is 1. The van der Waals surface area contributed by atoms with Crippen LogP contribution in [-0.2, 0) is 6.54 Å². The van der Waals surface area contributed by atoms with Crippen molar-refractivity contribution in [1.82, 2.24) is 15.1 Å². The van der Waals surface area contributed by atoms with E-state index in [2.05, 4.69) is 10.4 Å². The van der Waals surface area contributed by atoms with Crippen LogP contribution < -0.4 is 15.6 Å². The molecule has 6 heteroatoms. The summed E-state index contributed by atoms with van der Waals surface area (Å²) in [6, 6.07) is 8.39. The van der Waals surface area contributed by atoms with Crippen molar-refractivity contribution in [2.75, 3.05) is 7.11 Å². The molecule has 24 heavy (non-hydrogen) atoms. The molecule has 0 fully saturated rings. The van der Waals surface area contributed by atoms with Gasteiger partial charge in [0.05, 0.1) is 13.2 Å². The molecule has 0 aliphatic carbocycles. The van der Waals surface area contributed by atoms with Gasteiger partial charge in [0, 0.05) is 18.2 Å². The highest BCUT2D eigenvalue weighted by molar-refractivity contribution is 5.92. The van der Waals surface area contributed by atoms with Crippen LogP contribution in [0.2, 0.25) is 0 Å². The van der Waals surface area contributed by atoms with Crippen LogP contribution in [0.3, 0.4) is 0 Å². The molecule has 0 saturated heterocycles. The Morgan fingerprint density at radius 2 is 2.08 bits per heavy atom. The highest BCUT2D eigenvalue weighted by atomic mass is 16.5. The third-order valence-electron chi connectivity index (χ3n) is 3.73. The molecule has 6 nitrogen and oxygen atoms in total. The summed E-state index contributed by atoms with van der Waals surface area (Å²) in [4.78, 5) is 24.2. The molecule has 0 aliphatic rings. The van der Waals surface area contributed by atoms with Crippen molar-refractivity contribution in [2.24, 2.45) is 0 Å². The van der Waals surface area contributed by atoms with Crippen molar-refractivity contribution in [3.63, 3.8) is 0 Å². The third kappa shape index (κ3) is 4.01. The van der Waals surface area contributed by atoms with Crippen molar-refractivity contribution in [3.05, 3.63) is 57.5 Å². The van der Waals surface area contributed by atoms with Gasteiger partial charge in [0.1, 0.15) is 11.4 Å². The van der Waals surface area contributed by atoms with E-state index < -0.39 is 0 Å². The van der Waals surface area contributed by atoms with Gasteiger partial charge in [-0.1, -0.05) is 24.6 Å². The molecule has 1 aromatic heterocycles. The number of aryl methyl sites for hydroxylation is 2. The average Bonchev–Trinajstić information content (AvgIpc) is 2.56. The summed E-state index contributed by atoms with van der Waals surface area (Å²) in [7, 11) is 1.60. The summed E-state index contributed by atoms with van der Waals surface area (Å²) in [5, 5.41) is 7.04. The second-order valence-electron chi connectivity index (χ2n) is 5.72. The Morgan fingerprint density at radius 1 is 1.33 bits per heavy atom. The fourth-order valence-electron chi connectivity index (χ4n) is 2.48. The van der Waals surface area contributed by atoms with Gasteiger partial charge in [-0.05, 0) is 32.4 Å². The Bertz CT molecular complexity index is 783. The third-order valence-corrected chi connectivity index (χ3v) is 3.73. The van der Waals surface area contributed by atoms with Gasteiger partial charge in [-0.15, -0.1) is 0 Å². The van der Waals surface area contributed by atoms with Crippen LogP contribution in [0.25, 0.3) is 0 Å². The smallest absolute Gasteiger partial charge is 0.272 e. The minimum atomic E-state index is -0.323. The fraction of sp³-hybridized carbons (Fsp3) is 0.389. The zero-order valence-electron chi connectivity index (χ0n) is 14.5. The van der Waals surface area contributed by atoms with E-state index in [9.17, 15) is 9.59 Å². The highest BCUT2D eigenvalue weighted by Crippen LogP contribution is 2.26. The molecule has 1 amide bonds. The average molecular weight is 329 g/mol. The monoisotopic (exact) mass is 329 g/mol. The predicted octanol–water partition coefficient (Wildman–Crippen LogP) is 2.46. The summed E-state index contributed by atoms with van der Waals surface area (Å²) >= 11 is 0. The molecule has 1 unspecified atom stereocenters. The second kappa shape index (κ2) is 7.77.